The van der Waals surface area contributed by atoms with Crippen LogP contribution < -0.4 is 0 Å². The van der Waals surface area contributed by atoms with Crippen LogP contribution in [-0.4, -0.2) is 10.9 Å². The van der Waals surface area contributed by atoms with Crippen LogP contribution in [0.3, 0.4) is 0 Å². The highest BCUT2D eigenvalue weighted by atomic mass is 79.9. The van der Waals surface area contributed by atoms with Gasteiger partial charge in [-0.2, -0.15) is 5.26 Å². The van der Waals surface area contributed by atoms with Crippen molar-refractivity contribution < 1.29 is 4.79 Å². The summed E-state index contributed by atoms with van der Waals surface area (Å²) in [6.45, 7) is 0. The van der Waals surface area contributed by atoms with Gasteiger partial charge in [0.1, 0.15) is 11.8 Å². The maximum Gasteiger partial charge on any atom is 0.152 e. The number of hydrogen-bond acceptors (Lipinski definition) is 2. The van der Waals surface area contributed by atoms with Gasteiger partial charge >= 0.3 is 0 Å². The number of nitrogens with zero attached hydrogens (tertiary/aromatic N) is 2. The molecule has 0 saturated heterocycles. The summed E-state index contributed by atoms with van der Waals surface area (Å²) in [5.74, 6) is 0. The number of carbonyl (C=O) groups excluding carboxylic acids is 1. The maximum atomic E-state index is 10.4. The molecule has 1 rings (SSSR count). The van der Waals surface area contributed by atoms with Gasteiger partial charge in [-0.1, -0.05) is 0 Å². The summed E-state index contributed by atoms with van der Waals surface area (Å²) in [5, 5.41) is 8.54. The lowest BCUT2D eigenvalue weighted by Gasteiger charge is -1.93. The molecule has 0 aliphatic carbocycles. The highest BCUT2D eigenvalue weighted by molar-refractivity contribution is 9.10. The Balaban J connectivity index is 3.37. The van der Waals surface area contributed by atoms with Crippen LogP contribution in [0.1, 0.15) is 16.1 Å². The first kappa shape index (κ1) is 8.02. The van der Waals surface area contributed by atoms with Crippen molar-refractivity contribution in [1.82, 2.24) is 4.57 Å². The molecule has 0 aliphatic rings. The number of carbonyl (C=O) groups is 1. The zero-order chi connectivity index (χ0) is 8.43. The lowest BCUT2D eigenvalue weighted by atomic mass is 10.3. The van der Waals surface area contributed by atoms with E-state index in [4.69, 9.17) is 5.26 Å². The van der Waals surface area contributed by atoms with Crippen LogP contribution in [0.2, 0.25) is 0 Å². The fourth-order valence-electron chi connectivity index (χ4n) is 0.793. The van der Waals surface area contributed by atoms with Crippen LogP contribution in [0.4, 0.5) is 0 Å². The van der Waals surface area contributed by atoms with Crippen molar-refractivity contribution >= 4 is 22.2 Å². The molecular weight excluding hydrogens is 208 g/mol. The lowest BCUT2D eigenvalue weighted by molar-refractivity contribution is 0.112. The molecule has 0 amide bonds. The second-order valence-corrected chi connectivity index (χ2v) is 2.82. The molecule has 4 heteroatoms. The first-order chi connectivity index (χ1) is 5.20. The van der Waals surface area contributed by atoms with Crippen LogP contribution >= 0.6 is 15.9 Å². The van der Waals surface area contributed by atoms with E-state index in [0.29, 0.717) is 22.1 Å². The van der Waals surface area contributed by atoms with Crippen LogP contribution in [0, 0.1) is 11.3 Å². The second kappa shape index (κ2) is 2.89. The van der Waals surface area contributed by atoms with Crippen LogP contribution in [-0.2, 0) is 7.05 Å². The van der Waals surface area contributed by atoms with Crippen LogP contribution in [0.15, 0.2) is 10.7 Å². The van der Waals surface area contributed by atoms with Crippen molar-refractivity contribution in [2.24, 2.45) is 7.05 Å². The van der Waals surface area contributed by atoms with Crippen molar-refractivity contribution in [3.63, 3.8) is 0 Å². The average Bonchev–Trinajstić information content (AvgIpc) is 2.30. The quantitative estimate of drug-likeness (QED) is 0.663. The van der Waals surface area contributed by atoms with Gasteiger partial charge in [-0.25, -0.2) is 0 Å². The fourth-order valence-corrected chi connectivity index (χ4v) is 1.19. The summed E-state index contributed by atoms with van der Waals surface area (Å²) in [6, 6.07) is 3.50. The molecule has 0 saturated carbocycles. The Labute approximate surface area is 72.4 Å². The van der Waals surface area contributed by atoms with Crippen LogP contribution in [0.25, 0.3) is 0 Å². The van der Waals surface area contributed by atoms with Crippen LogP contribution in [0.5, 0.6) is 0 Å². The molecule has 0 fully saturated rings. The van der Waals surface area contributed by atoms with Gasteiger partial charge in [0.15, 0.2) is 6.29 Å². The molecule has 11 heavy (non-hydrogen) atoms. The third kappa shape index (κ3) is 1.19. The third-order valence-electron chi connectivity index (χ3n) is 1.43. The van der Waals surface area contributed by atoms with Gasteiger partial charge in [0.2, 0.25) is 0 Å². The van der Waals surface area contributed by atoms with Gasteiger partial charge in [-0.15, -0.1) is 0 Å². The molecule has 0 bridgehead atoms. The van der Waals surface area contributed by atoms with E-state index in [2.05, 4.69) is 15.9 Å². The monoisotopic (exact) mass is 212 g/mol. The Morgan fingerprint density at radius 2 is 2.45 bits per heavy atom. The average molecular weight is 213 g/mol. The minimum absolute atomic E-state index is 0.471. The van der Waals surface area contributed by atoms with Gasteiger partial charge in [0, 0.05) is 12.6 Å². The summed E-state index contributed by atoms with van der Waals surface area (Å²) < 4.78 is 2.26. The molecule has 0 aromatic carbocycles. The number of rotatable bonds is 1. The van der Waals surface area contributed by atoms with E-state index in [1.54, 1.807) is 11.6 Å². The molecule has 0 spiro atoms. The Morgan fingerprint density at radius 3 is 2.73 bits per heavy atom. The fraction of sp³-hybridized carbons (Fsp3) is 0.143. The highest BCUT2D eigenvalue weighted by Crippen LogP contribution is 2.18. The Hall–Kier alpha value is -1.08. The molecule has 3 nitrogen and oxygen atoms in total. The summed E-state index contributed by atoms with van der Waals surface area (Å²) in [6.07, 6.45) is 0.713. The van der Waals surface area contributed by atoms with Crippen molar-refractivity contribution in [3.05, 3.63) is 21.9 Å². The largest absolute Gasteiger partial charge is 0.330 e. The zero-order valence-electron chi connectivity index (χ0n) is 5.84. The topological polar surface area (TPSA) is 45.8 Å². The second-order valence-electron chi connectivity index (χ2n) is 2.06. The first-order valence-electron chi connectivity index (χ1n) is 2.91. The first-order valence-corrected chi connectivity index (χ1v) is 3.70. The van der Waals surface area contributed by atoms with Gasteiger partial charge < -0.3 is 4.57 Å². The minimum atomic E-state index is 0.471. The Bertz CT molecular complexity index is 335. The summed E-state index contributed by atoms with van der Waals surface area (Å²) >= 11 is 3.18. The molecule has 1 aromatic rings. The molecule has 1 heterocycles. The van der Waals surface area contributed by atoms with Gasteiger partial charge in [-0.05, 0) is 22.0 Å². The van der Waals surface area contributed by atoms with E-state index in [1.165, 1.54) is 6.07 Å². The van der Waals surface area contributed by atoms with Crippen molar-refractivity contribution in [2.75, 3.05) is 0 Å². The zero-order valence-corrected chi connectivity index (χ0v) is 7.42. The van der Waals surface area contributed by atoms with Gasteiger partial charge in [0.05, 0.1) is 4.60 Å². The Kier molecular flexibility index (Phi) is 2.11. The summed E-state index contributed by atoms with van der Waals surface area (Å²) in [7, 11) is 1.72. The standard InChI is InChI=1S/C7H5BrN2O/c1-10-6(3-9)2-5(4-11)7(10)8/h2,4H,1H3. The molecule has 0 radical (unpaired) electrons. The predicted octanol–water partition coefficient (Wildman–Crippen LogP) is 1.47. The van der Waals surface area contributed by atoms with E-state index in [-0.39, 0.29) is 0 Å². The molecule has 0 unspecified atom stereocenters. The van der Waals surface area contributed by atoms with Crippen molar-refractivity contribution in [3.8, 4) is 6.07 Å². The van der Waals surface area contributed by atoms with E-state index in [9.17, 15) is 4.79 Å². The number of halogens is 1. The third-order valence-corrected chi connectivity index (χ3v) is 2.42. The molecular formula is C7H5BrN2O. The number of aldehydes is 1. The summed E-state index contributed by atoms with van der Waals surface area (Å²) in [4.78, 5) is 10.4. The van der Waals surface area contributed by atoms with E-state index in [0.717, 1.165) is 0 Å². The molecule has 0 atom stereocenters. The van der Waals surface area contributed by atoms with Crippen molar-refractivity contribution in [1.29, 1.82) is 5.26 Å². The number of nitriles is 1. The number of aromatic nitrogens is 1. The Morgan fingerprint density at radius 1 is 1.82 bits per heavy atom. The predicted molar refractivity (Wildman–Crippen MR) is 43.2 cm³/mol. The van der Waals surface area contributed by atoms with E-state index >= 15 is 0 Å². The number of hydrogen-bond donors (Lipinski definition) is 0. The minimum Gasteiger partial charge on any atom is -0.330 e. The maximum absolute atomic E-state index is 10.4. The van der Waals surface area contributed by atoms with E-state index < -0.39 is 0 Å². The summed E-state index contributed by atoms with van der Waals surface area (Å²) in [5.41, 5.74) is 0.975. The molecule has 56 valence electrons. The lowest BCUT2D eigenvalue weighted by Crippen LogP contribution is -1.90. The molecule has 0 N–H and O–H groups in total. The van der Waals surface area contributed by atoms with Gasteiger partial charge in [0.25, 0.3) is 0 Å². The van der Waals surface area contributed by atoms with Gasteiger partial charge in [-0.3, -0.25) is 4.79 Å². The molecule has 1 aromatic heterocycles. The molecule has 0 aliphatic heterocycles. The van der Waals surface area contributed by atoms with Crippen molar-refractivity contribution in [2.45, 2.75) is 0 Å². The SMILES string of the molecule is Cn1c(C#N)cc(C=O)c1Br. The van der Waals surface area contributed by atoms with E-state index in [1.807, 2.05) is 6.07 Å². The highest BCUT2D eigenvalue weighted by Gasteiger charge is 2.07. The normalized spacial score (nSPS) is 9.18. The smallest absolute Gasteiger partial charge is 0.152 e.